The fourth-order valence-electron chi connectivity index (χ4n) is 1.89. The second kappa shape index (κ2) is 9.02. The molecule has 0 bridgehead atoms. The van der Waals surface area contributed by atoms with E-state index in [4.69, 9.17) is 9.47 Å². The number of rotatable bonds is 8. The lowest BCUT2D eigenvalue weighted by Crippen LogP contribution is -2.24. The summed E-state index contributed by atoms with van der Waals surface area (Å²) in [6.07, 6.45) is 1.48. The molecule has 0 aliphatic rings. The van der Waals surface area contributed by atoms with Crippen molar-refractivity contribution in [1.29, 1.82) is 0 Å². The van der Waals surface area contributed by atoms with Crippen LogP contribution in [0.2, 0.25) is 0 Å². The van der Waals surface area contributed by atoms with Crippen LogP contribution >= 0.6 is 0 Å². The zero-order chi connectivity index (χ0) is 18.1. The van der Waals surface area contributed by atoms with Gasteiger partial charge in [-0.15, -0.1) is 0 Å². The molecule has 25 heavy (non-hydrogen) atoms. The van der Waals surface area contributed by atoms with Crippen LogP contribution in [0, 0.1) is 10.1 Å². The maximum Gasteiger partial charge on any atom is 0.277 e. The standard InChI is InChI=1S/C17H17N3O5/c1-2-24-16-6-4-3-5-13(16)11-18-19-17(21)12-25-15-9-7-14(8-10-15)20(22)23/h3-11H,2,12H2,1H3,(H,19,21)/b18-11-. The third-order valence-electron chi connectivity index (χ3n) is 3.03. The minimum atomic E-state index is -0.509. The summed E-state index contributed by atoms with van der Waals surface area (Å²) >= 11 is 0. The summed E-state index contributed by atoms with van der Waals surface area (Å²) in [7, 11) is 0. The van der Waals surface area contributed by atoms with Crippen molar-refractivity contribution in [1.82, 2.24) is 5.43 Å². The zero-order valence-corrected chi connectivity index (χ0v) is 13.5. The highest BCUT2D eigenvalue weighted by molar-refractivity contribution is 5.85. The van der Waals surface area contributed by atoms with Crippen molar-refractivity contribution in [3.8, 4) is 11.5 Å². The number of carbonyl (C=O) groups is 1. The molecular formula is C17H17N3O5. The van der Waals surface area contributed by atoms with Gasteiger partial charge in [-0.3, -0.25) is 14.9 Å². The molecule has 0 atom stereocenters. The maximum atomic E-state index is 11.7. The lowest BCUT2D eigenvalue weighted by Gasteiger charge is -2.06. The molecule has 130 valence electrons. The number of nitrogens with zero attached hydrogens (tertiary/aromatic N) is 2. The molecule has 0 heterocycles. The quantitative estimate of drug-likeness (QED) is 0.451. The van der Waals surface area contributed by atoms with E-state index in [1.165, 1.54) is 30.5 Å². The van der Waals surface area contributed by atoms with E-state index < -0.39 is 10.8 Å². The molecule has 2 rings (SSSR count). The van der Waals surface area contributed by atoms with E-state index >= 15 is 0 Å². The normalized spacial score (nSPS) is 10.4. The van der Waals surface area contributed by atoms with Crippen molar-refractivity contribution >= 4 is 17.8 Å². The molecule has 0 saturated heterocycles. The molecule has 8 nitrogen and oxygen atoms in total. The number of nitro groups is 1. The molecule has 0 radical (unpaired) electrons. The van der Waals surface area contributed by atoms with Gasteiger partial charge in [0.25, 0.3) is 11.6 Å². The SMILES string of the molecule is CCOc1ccccc1/C=N\NC(=O)COc1ccc([N+](=O)[O-])cc1. The third kappa shape index (κ3) is 5.61. The third-order valence-corrected chi connectivity index (χ3v) is 3.03. The Labute approximate surface area is 144 Å². The van der Waals surface area contributed by atoms with E-state index in [9.17, 15) is 14.9 Å². The van der Waals surface area contributed by atoms with Crippen molar-refractivity contribution < 1.29 is 19.2 Å². The number of hydrogen-bond donors (Lipinski definition) is 1. The highest BCUT2D eigenvalue weighted by atomic mass is 16.6. The number of carbonyl (C=O) groups excluding carboxylic acids is 1. The van der Waals surface area contributed by atoms with E-state index in [1.807, 2.05) is 31.2 Å². The molecule has 0 unspecified atom stereocenters. The molecule has 0 aliphatic carbocycles. The Balaban J connectivity index is 1.83. The van der Waals surface area contributed by atoms with Crippen LogP contribution < -0.4 is 14.9 Å². The van der Waals surface area contributed by atoms with Crippen molar-refractivity contribution in [3.05, 3.63) is 64.2 Å². The maximum absolute atomic E-state index is 11.7. The van der Waals surface area contributed by atoms with E-state index in [2.05, 4.69) is 10.5 Å². The van der Waals surface area contributed by atoms with Gasteiger partial charge in [-0.25, -0.2) is 5.43 Å². The van der Waals surface area contributed by atoms with E-state index in [-0.39, 0.29) is 12.3 Å². The number of para-hydroxylation sites is 1. The van der Waals surface area contributed by atoms with Crippen LogP contribution in [-0.4, -0.2) is 30.3 Å². The minimum absolute atomic E-state index is 0.0469. The molecule has 0 aliphatic heterocycles. The first-order chi connectivity index (χ1) is 12.1. The Bertz CT molecular complexity index is 759. The van der Waals surface area contributed by atoms with Crippen molar-refractivity contribution in [2.75, 3.05) is 13.2 Å². The minimum Gasteiger partial charge on any atom is -0.493 e. The number of nitrogens with one attached hydrogen (secondary N) is 1. The number of ether oxygens (including phenoxy) is 2. The predicted molar refractivity (Wildman–Crippen MR) is 91.9 cm³/mol. The van der Waals surface area contributed by atoms with Crippen LogP contribution in [0.4, 0.5) is 5.69 Å². The summed E-state index contributed by atoms with van der Waals surface area (Å²) in [6.45, 7) is 2.15. The van der Waals surface area contributed by atoms with Crippen molar-refractivity contribution in [3.63, 3.8) is 0 Å². The lowest BCUT2D eigenvalue weighted by molar-refractivity contribution is -0.384. The first-order valence-corrected chi connectivity index (χ1v) is 7.51. The fraction of sp³-hybridized carbons (Fsp3) is 0.176. The Morgan fingerprint density at radius 2 is 1.92 bits per heavy atom. The Morgan fingerprint density at radius 1 is 1.20 bits per heavy atom. The number of hydrazone groups is 1. The van der Waals surface area contributed by atoms with Crippen molar-refractivity contribution in [2.24, 2.45) is 5.10 Å². The highest BCUT2D eigenvalue weighted by Crippen LogP contribution is 2.17. The van der Waals surface area contributed by atoms with Crippen LogP contribution in [0.5, 0.6) is 11.5 Å². The summed E-state index contributed by atoms with van der Waals surface area (Å²) in [5.74, 6) is 0.569. The molecule has 1 N–H and O–H groups in total. The highest BCUT2D eigenvalue weighted by Gasteiger charge is 2.06. The molecule has 0 spiro atoms. The molecule has 2 aromatic carbocycles. The second-order valence-electron chi connectivity index (χ2n) is 4.80. The lowest BCUT2D eigenvalue weighted by atomic mass is 10.2. The fourth-order valence-corrected chi connectivity index (χ4v) is 1.89. The number of amides is 1. The smallest absolute Gasteiger partial charge is 0.277 e. The number of nitro benzene ring substituents is 1. The van der Waals surface area contributed by atoms with Crippen LogP contribution in [-0.2, 0) is 4.79 Å². The van der Waals surface area contributed by atoms with Gasteiger partial charge in [-0.2, -0.15) is 5.10 Å². The van der Waals surface area contributed by atoms with E-state index in [0.717, 1.165) is 5.56 Å². The summed E-state index contributed by atoms with van der Waals surface area (Å²) < 4.78 is 10.7. The molecular weight excluding hydrogens is 326 g/mol. The average Bonchev–Trinajstić information content (AvgIpc) is 2.62. The topological polar surface area (TPSA) is 103 Å². The van der Waals surface area contributed by atoms with Gasteiger partial charge in [0.2, 0.25) is 0 Å². The van der Waals surface area contributed by atoms with Gasteiger partial charge in [0.15, 0.2) is 6.61 Å². The average molecular weight is 343 g/mol. The summed E-state index contributed by atoms with van der Waals surface area (Å²) in [6, 6.07) is 12.8. The van der Waals surface area contributed by atoms with Gasteiger partial charge in [0.1, 0.15) is 11.5 Å². The van der Waals surface area contributed by atoms with Crippen LogP contribution in [0.1, 0.15) is 12.5 Å². The summed E-state index contributed by atoms with van der Waals surface area (Å²) in [5.41, 5.74) is 3.03. The number of hydrogen-bond acceptors (Lipinski definition) is 6. The Hall–Kier alpha value is -3.42. The molecule has 0 aromatic heterocycles. The Kier molecular flexibility index (Phi) is 6.47. The van der Waals surface area contributed by atoms with Gasteiger partial charge in [-0.1, -0.05) is 12.1 Å². The monoisotopic (exact) mass is 343 g/mol. The van der Waals surface area contributed by atoms with Gasteiger partial charge < -0.3 is 9.47 Å². The Morgan fingerprint density at radius 3 is 2.60 bits per heavy atom. The van der Waals surface area contributed by atoms with Crippen LogP contribution in [0.25, 0.3) is 0 Å². The molecule has 2 aromatic rings. The largest absolute Gasteiger partial charge is 0.493 e. The number of non-ortho nitro benzene ring substituents is 1. The first-order valence-electron chi connectivity index (χ1n) is 7.51. The van der Waals surface area contributed by atoms with Gasteiger partial charge in [0.05, 0.1) is 17.7 Å². The van der Waals surface area contributed by atoms with Crippen LogP contribution in [0.3, 0.4) is 0 Å². The van der Waals surface area contributed by atoms with E-state index in [1.54, 1.807) is 0 Å². The van der Waals surface area contributed by atoms with Gasteiger partial charge in [0, 0.05) is 17.7 Å². The van der Waals surface area contributed by atoms with Crippen LogP contribution in [0.15, 0.2) is 53.6 Å². The summed E-state index contributed by atoms with van der Waals surface area (Å²) in [4.78, 5) is 21.7. The van der Waals surface area contributed by atoms with Gasteiger partial charge in [-0.05, 0) is 31.2 Å². The van der Waals surface area contributed by atoms with Crippen molar-refractivity contribution in [2.45, 2.75) is 6.92 Å². The van der Waals surface area contributed by atoms with E-state index in [0.29, 0.717) is 18.1 Å². The van der Waals surface area contributed by atoms with Gasteiger partial charge >= 0.3 is 0 Å². The predicted octanol–water partition coefficient (Wildman–Crippen LogP) is 2.52. The zero-order valence-electron chi connectivity index (χ0n) is 13.5. The summed E-state index contributed by atoms with van der Waals surface area (Å²) in [5, 5.41) is 14.4. The second-order valence-corrected chi connectivity index (χ2v) is 4.80. The first kappa shape index (κ1) is 17.9. The molecule has 0 fully saturated rings. The molecule has 1 amide bonds. The molecule has 0 saturated carbocycles. The number of benzene rings is 2. The molecule has 8 heteroatoms.